The molecule has 0 saturated heterocycles. The minimum absolute atomic E-state index is 0.124. The summed E-state index contributed by atoms with van der Waals surface area (Å²) < 4.78 is 13.2. The Balaban J connectivity index is 2.02. The molecule has 0 amide bonds. The van der Waals surface area contributed by atoms with Gasteiger partial charge in [0.15, 0.2) is 0 Å². The molecular weight excluding hydrogens is 608 g/mol. The van der Waals surface area contributed by atoms with Crippen molar-refractivity contribution in [2.75, 3.05) is 13.2 Å². The van der Waals surface area contributed by atoms with Crippen molar-refractivity contribution in [1.82, 2.24) is 0 Å². The summed E-state index contributed by atoms with van der Waals surface area (Å²) in [5.74, 6) is -1.17. The normalized spacial score (nSPS) is 10.5. The molecule has 0 aliphatic heterocycles. The quantitative estimate of drug-likeness (QED) is 0.394. The third-order valence-electron chi connectivity index (χ3n) is 3.07. The SMILES string of the molecule is O=C(O)c1cc(Br)c(OCCOc2c(Br)cc(C(=O)O)cc2Br)c(Br)c1. The zero-order valence-electron chi connectivity index (χ0n) is 12.8. The van der Waals surface area contributed by atoms with Crippen molar-refractivity contribution in [3.63, 3.8) is 0 Å². The molecule has 2 rings (SSSR count). The van der Waals surface area contributed by atoms with Crippen molar-refractivity contribution in [3.8, 4) is 11.5 Å². The van der Waals surface area contributed by atoms with Crippen LogP contribution in [0, 0.1) is 0 Å². The van der Waals surface area contributed by atoms with E-state index in [1.54, 1.807) is 0 Å². The predicted octanol–water partition coefficient (Wildman–Crippen LogP) is 5.59. The summed E-state index contributed by atoms with van der Waals surface area (Å²) in [5.41, 5.74) is 0.248. The predicted molar refractivity (Wildman–Crippen MR) is 109 cm³/mol. The van der Waals surface area contributed by atoms with Gasteiger partial charge in [0.1, 0.15) is 24.7 Å². The Kier molecular flexibility index (Phi) is 7.51. The fourth-order valence-corrected chi connectivity index (χ4v) is 4.76. The maximum Gasteiger partial charge on any atom is 0.335 e. The van der Waals surface area contributed by atoms with E-state index in [4.69, 9.17) is 19.7 Å². The van der Waals surface area contributed by atoms with E-state index in [0.717, 1.165) is 0 Å². The molecule has 138 valence electrons. The van der Waals surface area contributed by atoms with E-state index in [0.29, 0.717) is 29.4 Å². The molecule has 0 aliphatic rings. The highest BCUT2D eigenvalue weighted by Crippen LogP contribution is 2.36. The standard InChI is InChI=1S/C16H10Br4O6/c17-9-3-7(15(21)22)4-10(18)13(9)25-1-2-26-14-11(19)5-8(16(23)24)6-12(14)20/h3-6H,1-2H2,(H,21,22)(H,23,24). The molecule has 0 aromatic heterocycles. The number of carbonyl (C=O) groups is 2. The summed E-state index contributed by atoms with van der Waals surface area (Å²) >= 11 is 13.1. The Bertz CT molecular complexity index is 750. The fourth-order valence-electron chi connectivity index (χ4n) is 1.93. The number of carboxylic acid groups (broad SMARTS) is 2. The van der Waals surface area contributed by atoms with Gasteiger partial charge in [-0.05, 0) is 88.0 Å². The van der Waals surface area contributed by atoms with E-state index in [1.165, 1.54) is 24.3 Å². The van der Waals surface area contributed by atoms with Gasteiger partial charge in [-0.2, -0.15) is 0 Å². The van der Waals surface area contributed by atoms with Crippen LogP contribution < -0.4 is 9.47 Å². The van der Waals surface area contributed by atoms with Gasteiger partial charge in [-0.15, -0.1) is 0 Å². The van der Waals surface area contributed by atoms with Crippen molar-refractivity contribution < 1.29 is 29.3 Å². The van der Waals surface area contributed by atoms with Gasteiger partial charge >= 0.3 is 11.9 Å². The van der Waals surface area contributed by atoms with Crippen LogP contribution in [0.15, 0.2) is 42.2 Å². The topological polar surface area (TPSA) is 93.1 Å². The van der Waals surface area contributed by atoms with Crippen molar-refractivity contribution in [1.29, 1.82) is 0 Å². The first-order valence-electron chi connectivity index (χ1n) is 6.91. The fraction of sp³-hybridized carbons (Fsp3) is 0.125. The van der Waals surface area contributed by atoms with Gasteiger partial charge < -0.3 is 19.7 Å². The van der Waals surface area contributed by atoms with Crippen molar-refractivity contribution in [2.24, 2.45) is 0 Å². The average Bonchev–Trinajstić information content (AvgIpc) is 2.54. The maximum absolute atomic E-state index is 11.0. The van der Waals surface area contributed by atoms with Gasteiger partial charge in [0.05, 0.1) is 29.0 Å². The number of benzene rings is 2. The van der Waals surface area contributed by atoms with Crippen LogP contribution in [0.25, 0.3) is 0 Å². The Hall–Kier alpha value is -1.10. The molecule has 0 fully saturated rings. The third-order valence-corrected chi connectivity index (χ3v) is 5.42. The maximum atomic E-state index is 11.0. The minimum Gasteiger partial charge on any atom is -0.488 e. The van der Waals surface area contributed by atoms with E-state index < -0.39 is 11.9 Å². The molecule has 0 spiro atoms. The third kappa shape index (κ3) is 5.21. The first-order valence-corrected chi connectivity index (χ1v) is 10.1. The Morgan fingerprint density at radius 1 is 0.692 bits per heavy atom. The second kappa shape index (κ2) is 9.20. The Morgan fingerprint density at radius 3 is 1.19 bits per heavy atom. The first kappa shape index (κ1) is 21.2. The largest absolute Gasteiger partial charge is 0.488 e. The smallest absolute Gasteiger partial charge is 0.335 e. The molecule has 0 aliphatic carbocycles. The molecule has 2 N–H and O–H groups in total. The van der Waals surface area contributed by atoms with E-state index in [1.807, 2.05) is 0 Å². The highest BCUT2D eigenvalue weighted by molar-refractivity contribution is 9.11. The molecule has 2 aromatic carbocycles. The number of carboxylic acids is 2. The summed E-state index contributed by atoms with van der Waals surface area (Å²) in [6.07, 6.45) is 0. The summed E-state index contributed by atoms with van der Waals surface area (Å²) in [5, 5.41) is 18.0. The lowest BCUT2D eigenvalue weighted by Gasteiger charge is -2.14. The number of aromatic carboxylic acids is 2. The van der Waals surface area contributed by atoms with Crippen LogP contribution in [0.3, 0.4) is 0 Å². The molecule has 0 heterocycles. The van der Waals surface area contributed by atoms with Crippen LogP contribution in [-0.2, 0) is 0 Å². The lowest BCUT2D eigenvalue weighted by Crippen LogP contribution is -2.11. The van der Waals surface area contributed by atoms with Gasteiger partial charge in [-0.25, -0.2) is 9.59 Å². The Morgan fingerprint density at radius 2 is 0.962 bits per heavy atom. The molecule has 0 unspecified atom stereocenters. The molecule has 0 saturated carbocycles. The molecule has 6 nitrogen and oxygen atoms in total. The zero-order chi connectivity index (χ0) is 19.4. The average molecular weight is 618 g/mol. The molecule has 2 aromatic rings. The minimum atomic E-state index is -1.04. The molecule has 0 atom stereocenters. The second-order valence-corrected chi connectivity index (χ2v) is 8.26. The van der Waals surface area contributed by atoms with Crippen LogP contribution in [0.5, 0.6) is 11.5 Å². The summed E-state index contributed by atoms with van der Waals surface area (Å²) in [6, 6.07) is 5.78. The van der Waals surface area contributed by atoms with E-state index >= 15 is 0 Å². The highest BCUT2D eigenvalue weighted by atomic mass is 79.9. The number of hydrogen-bond donors (Lipinski definition) is 2. The number of halogens is 4. The van der Waals surface area contributed by atoms with Gasteiger partial charge in [0.25, 0.3) is 0 Å². The van der Waals surface area contributed by atoms with Crippen LogP contribution in [0.1, 0.15) is 20.7 Å². The van der Waals surface area contributed by atoms with Crippen molar-refractivity contribution >= 4 is 75.7 Å². The van der Waals surface area contributed by atoms with Gasteiger partial charge in [-0.1, -0.05) is 0 Å². The highest BCUT2D eigenvalue weighted by Gasteiger charge is 2.15. The van der Waals surface area contributed by atoms with Crippen molar-refractivity contribution in [3.05, 3.63) is 53.3 Å². The monoisotopic (exact) mass is 614 g/mol. The van der Waals surface area contributed by atoms with Gasteiger partial charge in [-0.3, -0.25) is 0 Å². The molecule has 0 bridgehead atoms. The van der Waals surface area contributed by atoms with Crippen LogP contribution >= 0.6 is 63.7 Å². The molecule has 0 radical (unpaired) electrons. The van der Waals surface area contributed by atoms with Crippen LogP contribution in [0.2, 0.25) is 0 Å². The summed E-state index contributed by atoms with van der Waals surface area (Å²) in [7, 11) is 0. The van der Waals surface area contributed by atoms with E-state index in [9.17, 15) is 9.59 Å². The van der Waals surface area contributed by atoms with E-state index in [2.05, 4.69) is 63.7 Å². The summed E-state index contributed by atoms with van der Waals surface area (Å²) in [4.78, 5) is 22.0. The number of rotatable bonds is 7. The lowest BCUT2D eigenvalue weighted by atomic mass is 10.2. The second-order valence-electron chi connectivity index (χ2n) is 4.85. The van der Waals surface area contributed by atoms with Crippen molar-refractivity contribution in [2.45, 2.75) is 0 Å². The Labute approximate surface area is 182 Å². The van der Waals surface area contributed by atoms with Gasteiger partial charge in [0.2, 0.25) is 0 Å². The summed E-state index contributed by atoms with van der Waals surface area (Å²) in [6.45, 7) is 0.367. The van der Waals surface area contributed by atoms with Crippen LogP contribution in [0.4, 0.5) is 0 Å². The van der Waals surface area contributed by atoms with Crippen LogP contribution in [-0.4, -0.2) is 35.4 Å². The first-order chi connectivity index (χ1) is 12.2. The lowest BCUT2D eigenvalue weighted by molar-refractivity contribution is 0.0685. The number of ether oxygens (including phenoxy) is 2. The molecule has 26 heavy (non-hydrogen) atoms. The number of hydrogen-bond acceptors (Lipinski definition) is 4. The zero-order valence-corrected chi connectivity index (χ0v) is 19.1. The van der Waals surface area contributed by atoms with E-state index in [-0.39, 0.29) is 24.3 Å². The van der Waals surface area contributed by atoms with Gasteiger partial charge in [0, 0.05) is 0 Å². The molecule has 10 heteroatoms. The molecular formula is C16H10Br4O6.